The second-order valence-corrected chi connectivity index (χ2v) is 7.67. The first-order chi connectivity index (χ1) is 11.5. The first-order valence-electron chi connectivity index (χ1n) is 8.70. The van der Waals surface area contributed by atoms with E-state index in [0.717, 1.165) is 41.3 Å². The lowest BCUT2D eigenvalue weighted by Crippen LogP contribution is -2.39. The lowest BCUT2D eigenvalue weighted by Gasteiger charge is -2.31. The van der Waals surface area contributed by atoms with Crippen LogP contribution in [0.15, 0.2) is 40.1 Å². The molecule has 1 aromatic rings. The monoisotopic (exact) mass is 390 g/mol. The van der Waals surface area contributed by atoms with E-state index >= 15 is 0 Å². The molecule has 0 saturated heterocycles. The minimum absolute atomic E-state index is 0.0353. The van der Waals surface area contributed by atoms with Gasteiger partial charge >= 0.3 is 0 Å². The zero-order valence-corrected chi connectivity index (χ0v) is 15.8. The van der Waals surface area contributed by atoms with E-state index in [2.05, 4.69) is 22.9 Å². The lowest BCUT2D eigenvalue weighted by molar-refractivity contribution is -0.139. The summed E-state index contributed by atoms with van der Waals surface area (Å²) < 4.78 is 6.66. The molecular formula is C20H23BrO3. The molecule has 2 atom stereocenters. The van der Waals surface area contributed by atoms with Crippen molar-refractivity contribution in [2.75, 3.05) is 6.61 Å². The van der Waals surface area contributed by atoms with Gasteiger partial charge in [-0.25, -0.2) is 0 Å². The zero-order valence-electron chi connectivity index (χ0n) is 14.2. The van der Waals surface area contributed by atoms with Gasteiger partial charge in [0.2, 0.25) is 5.78 Å². The first kappa shape index (κ1) is 17.4. The van der Waals surface area contributed by atoms with E-state index in [1.54, 1.807) is 0 Å². The molecule has 0 fully saturated rings. The number of allylic oxidation sites excluding steroid dienone is 2. The third kappa shape index (κ3) is 2.65. The Bertz CT molecular complexity index is 707. The lowest BCUT2D eigenvalue weighted by atomic mass is 9.68. The van der Waals surface area contributed by atoms with Crippen LogP contribution in [-0.2, 0) is 14.3 Å². The van der Waals surface area contributed by atoms with E-state index in [1.165, 1.54) is 0 Å². The molecule has 3 nitrogen and oxygen atoms in total. The molecule has 0 amide bonds. The number of benzene rings is 1. The zero-order chi connectivity index (χ0) is 17.3. The highest BCUT2D eigenvalue weighted by Crippen LogP contribution is 2.55. The highest BCUT2D eigenvalue weighted by molar-refractivity contribution is 9.10. The number of carbonyl (C=O) groups excluding carboxylic acids is 2. The van der Waals surface area contributed by atoms with E-state index in [9.17, 15) is 9.59 Å². The molecule has 1 aromatic carbocycles. The summed E-state index contributed by atoms with van der Waals surface area (Å²) in [6.07, 6.45) is 3.92. The van der Waals surface area contributed by atoms with Crippen LogP contribution in [0, 0.1) is 5.41 Å². The highest BCUT2D eigenvalue weighted by atomic mass is 79.9. The molecular weight excluding hydrogens is 368 g/mol. The van der Waals surface area contributed by atoms with Gasteiger partial charge in [-0.05, 0) is 43.4 Å². The minimum atomic E-state index is -1.05. The quantitative estimate of drug-likeness (QED) is 0.668. The Morgan fingerprint density at radius 1 is 1.38 bits per heavy atom. The molecule has 0 N–H and O–H groups in total. The maximum absolute atomic E-state index is 13.1. The van der Waals surface area contributed by atoms with E-state index in [0.29, 0.717) is 18.8 Å². The summed E-state index contributed by atoms with van der Waals surface area (Å²) in [5.74, 6) is 0.141. The molecule has 3 rings (SSSR count). The van der Waals surface area contributed by atoms with Crippen molar-refractivity contribution in [2.45, 2.75) is 51.9 Å². The number of rotatable bonds is 5. The van der Waals surface area contributed by atoms with Crippen molar-refractivity contribution in [1.29, 1.82) is 0 Å². The molecule has 0 aromatic heterocycles. The Kier molecular flexibility index (Phi) is 4.95. The molecule has 0 radical (unpaired) electrons. The Morgan fingerprint density at radius 2 is 2.12 bits per heavy atom. The predicted molar refractivity (Wildman–Crippen MR) is 96.7 cm³/mol. The van der Waals surface area contributed by atoms with Gasteiger partial charge in [-0.2, -0.15) is 0 Å². The van der Waals surface area contributed by atoms with E-state index in [-0.39, 0.29) is 17.5 Å². The Balaban J connectivity index is 2.11. The molecule has 2 aliphatic rings. The van der Waals surface area contributed by atoms with Crippen LogP contribution < -0.4 is 0 Å². The van der Waals surface area contributed by atoms with Gasteiger partial charge < -0.3 is 4.74 Å². The summed E-state index contributed by atoms with van der Waals surface area (Å²) >= 11 is 3.61. The van der Waals surface area contributed by atoms with E-state index < -0.39 is 5.41 Å². The molecule has 0 saturated carbocycles. The van der Waals surface area contributed by atoms with Gasteiger partial charge in [0.05, 0.1) is 6.61 Å². The largest absolute Gasteiger partial charge is 0.490 e. The van der Waals surface area contributed by atoms with Gasteiger partial charge in [-0.15, -0.1) is 0 Å². The molecule has 1 aliphatic heterocycles. The average Bonchev–Trinajstić information content (AvgIpc) is 2.83. The number of unbranched alkanes of at least 4 members (excludes halogenated alkanes) is 1. The Morgan fingerprint density at radius 3 is 2.83 bits per heavy atom. The first-order valence-corrected chi connectivity index (χ1v) is 9.49. The number of carbonyl (C=O) groups is 2. The number of hydrogen-bond donors (Lipinski definition) is 0. The smallest absolute Gasteiger partial charge is 0.211 e. The molecule has 0 spiro atoms. The predicted octanol–water partition coefficient (Wildman–Crippen LogP) is 4.95. The molecule has 1 heterocycles. The third-order valence-corrected chi connectivity index (χ3v) is 6.01. The average molecular weight is 391 g/mol. The van der Waals surface area contributed by atoms with Gasteiger partial charge in [0.1, 0.15) is 11.2 Å². The van der Waals surface area contributed by atoms with Crippen molar-refractivity contribution in [3.8, 4) is 0 Å². The summed E-state index contributed by atoms with van der Waals surface area (Å²) in [6, 6.07) is 7.90. The summed E-state index contributed by atoms with van der Waals surface area (Å²) in [5.41, 5.74) is 0.966. The molecule has 0 unspecified atom stereocenters. The van der Waals surface area contributed by atoms with Crippen molar-refractivity contribution in [3.05, 3.63) is 45.6 Å². The number of ketones is 2. The van der Waals surface area contributed by atoms with Gasteiger partial charge in [-0.3, -0.25) is 9.59 Å². The molecule has 128 valence electrons. The van der Waals surface area contributed by atoms with Crippen LogP contribution in [0.3, 0.4) is 0 Å². The maximum atomic E-state index is 13.1. The number of ether oxygens (including phenoxy) is 1. The van der Waals surface area contributed by atoms with Crippen molar-refractivity contribution in [1.82, 2.24) is 0 Å². The van der Waals surface area contributed by atoms with Gasteiger partial charge in [0.25, 0.3) is 0 Å². The standard InChI is InChI=1S/C20H23BrO3/c1-3-4-11-16(22)20(2)17(13-8-5-6-10-15(13)21)14-9-7-12-24-18(14)19(20)23/h5-6,8,10,17H,3-4,7,9,11-12H2,1-2H3/t17-,20-/m0/s1. The number of Topliss-reactive ketones (excluding diaryl/α,β-unsaturated/α-hetero) is 2. The highest BCUT2D eigenvalue weighted by Gasteiger charge is 2.57. The van der Waals surface area contributed by atoms with Gasteiger partial charge in [0, 0.05) is 16.8 Å². The normalized spacial score (nSPS) is 26.3. The van der Waals surface area contributed by atoms with Crippen LogP contribution in [0.25, 0.3) is 0 Å². The third-order valence-electron chi connectivity index (χ3n) is 5.29. The van der Waals surface area contributed by atoms with E-state index in [4.69, 9.17) is 4.74 Å². The maximum Gasteiger partial charge on any atom is 0.211 e. The molecule has 4 heteroatoms. The Labute approximate surface area is 151 Å². The van der Waals surface area contributed by atoms with Crippen molar-refractivity contribution in [3.63, 3.8) is 0 Å². The van der Waals surface area contributed by atoms with Crippen molar-refractivity contribution >= 4 is 27.5 Å². The van der Waals surface area contributed by atoms with Crippen LogP contribution in [0.5, 0.6) is 0 Å². The minimum Gasteiger partial charge on any atom is -0.490 e. The summed E-state index contributed by atoms with van der Waals surface area (Å²) in [6.45, 7) is 4.44. The van der Waals surface area contributed by atoms with Crippen LogP contribution >= 0.6 is 15.9 Å². The molecule has 0 bridgehead atoms. The molecule has 1 aliphatic carbocycles. The fourth-order valence-corrected chi connectivity index (χ4v) is 4.45. The van der Waals surface area contributed by atoms with Crippen LogP contribution in [-0.4, -0.2) is 18.2 Å². The SMILES string of the molecule is CCCCC(=O)[C@]1(C)C(=O)C2=C(CCCO2)[C@@H]1c1ccccc1Br. The van der Waals surface area contributed by atoms with Gasteiger partial charge in [0.15, 0.2) is 5.76 Å². The second-order valence-electron chi connectivity index (χ2n) is 6.82. The summed E-state index contributed by atoms with van der Waals surface area (Å²) in [5, 5.41) is 0. The molecule has 24 heavy (non-hydrogen) atoms. The second kappa shape index (κ2) is 6.83. The number of halogens is 1. The summed E-state index contributed by atoms with van der Waals surface area (Å²) in [7, 11) is 0. The van der Waals surface area contributed by atoms with Crippen molar-refractivity contribution in [2.24, 2.45) is 5.41 Å². The topological polar surface area (TPSA) is 43.4 Å². The number of hydrogen-bond acceptors (Lipinski definition) is 3. The fourth-order valence-electron chi connectivity index (χ4n) is 3.94. The Hall–Kier alpha value is -1.42. The van der Waals surface area contributed by atoms with Crippen molar-refractivity contribution < 1.29 is 14.3 Å². The van der Waals surface area contributed by atoms with Crippen LogP contribution in [0.1, 0.15) is 57.4 Å². The van der Waals surface area contributed by atoms with Gasteiger partial charge in [-0.1, -0.05) is 47.5 Å². The summed E-state index contributed by atoms with van der Waals surface area (Å²) in [4.78, 5) is 26.2. The van der Waals surface area contributed by atoms with Crippen LogP contribution in [0.4, 0.5) is 0 Å². The van der Waals surface area contributed by atoms with E-state index in [1.807, 2.05) is 31.2 Å². The fraction of sp³-hybridized carbons (Fsp3) is 0.500. The van der Waals surface area contributed by atoms with Crippen LogP contribution in [0.2, 0.25) is 0 Å².